The Labute approximate surface area is 118 Å². The fourth-order valence-electron chi connectivity index (χ4n) is 2.85. The Morgan fingerprint density at radius 3 is 2.70 bits per heavy atom. The monoisotopic (exact) mass is 264 g/mol. The molecule has 2 heterocycles. The summed E-state index contributed by atoms with van der Waals surface area (Å²) in [5.41, 5.74) is 3.16. The van der Waals surface area contributed by atoms with Crippen molar-refractivity contribution in [3.8, 4) is 6.07 Å². The molecule has 1 aliphatic rings. The van der Waals surface area contributed by atoms with E-state index >= 15 is 0 Å². The van der Waals surface area contributed by atoms with Gasteiger partial charge >= 0.3 is 0 Å². The summed E-state index contributed by atoms with van der Waals surface area (Å²) in [6, 6.07) is 10.5. The highest BCUT2D eigenvalue weighted by Crippen LogP contribution is 2.34. The molecule has 0 fully saturated rings. The average molecular weight is 264 g/mol. The largest absolute Gasteiger partial charge is 0.350 e. The third-order valence-corrected chi connectivity index (χ3v) is 3.77. The molecule has 1 aromatic carbocycles. The number of aromatic nitrogens is 2. The second-order valence-electron chi connectivity index (χ2n) is 5.77. The number of nitriles is 1. The summed E-state index contributed by atoms with van der Waals surface area (Å²) in [4.78, 5) is 10.7. The van der Waals surface area contributed by atoms with Crippen molar-refractivity contribution in [3.63, 3.8) is 0 Å². The Morgan fingerprint density at radius 1 is 1.20 bits per heavy atom. The van der Waals surface area contributed by atoms with E-state index in [-0.39, 0.29) is 5.41 Å². The van der Waals surface area contributed by atoms with E-state index in [0.29, 0.717) is 5.69 Å². The predicted molar refractivity (Wildman–Crippen MR) is 77.3 cm³/mol. The molecule has 0 aliphatic carbocycles. The molecule has 0 atom stereocenters. The smallest absolute Gasteiger partial charge is 0.158 e. The molecule has 2 aromatic rings. The minimum absolute atomic E-state index is 0.0738. The van der Waals surface area contributed by atoms with E-state index in [9.17, 15) is 0 Å². The molecule has 0 saturated carbocycles. The Kier molecular flexibility index (Phi) is 2.90. The molecular weight excluding hydrogens is 248 g/mol. The summed E-state index contributed by atoms with van der Waals surface area (Å²) < 4.78 is 0. The first-order chi connectivity index (χ1) is 9.60. The Hall–Kier alpha value is -2.41. The van der Waals surface area contributed by atoms with Gasteiger partial charge in [0.05, 0.1) is 12.4 Å². The first-order valence-electron chi connectivity index (χ1n) is 6.66. The molecule has 1 aromatic heterocycles. The van der Waals surface area contributed by atoms with Gasteiger partial charge in [0.2, 0.25) is 0 Å². The van der Waals surface area contributed by atoms with Gasteiger partial charge in [0.25, 0.3) is 0 Å². The number of hydrogen-bond acceptors (Lipinski definition) is 4. The van der Waals surface area contributed by atoms with Crippen LogP contribution in [0.2, 0.25) is 0 Å². The zero-order chi connectivity index (χ0) is 14.2. The van der Waals surface area contributed by atoms with Gasteiger partial charge in [-0.05, 0) is 11.1 Å². The van der Waals surface area contributed by atoms with E-state index < -0.39 is 0 Å². The van der Waals surface area contributed by atoms with Crippen LogP contribution in [0.5, 0.6) is 0 Å². The molecule has 4 nitrogen and oxygen atoms in total. The number of fused-ring (bicyclic) bond motifs is 1. The second-order valence-corrected chi connectivity index (χ2v) is 5.77. The van der Waals surface area contributed by atoms with Gasteiger partial charge in [0.1, 0.15) is 11.9 Å². The van der Waals surface area contributed by atoms with Crippen molar-refractivity contribution in [2.24, 2.45) is 0 Å². The van der Waals surface area contributed by atoms with E-state index in [1.54, 1.807) is 6.20 Å². The quantitative estimate of drug-likeness (QED) is 0.794. The van der Waals surface area contributed by atoms with Crippen LogP contribution in [0.25, 0.3) is 0 Å². The minimum Gasteiger partial charge on any atom is -0.350 e. The summed E-state index contributed by atoms with van der Waals surface area (Å²) in [5, 5.41) is 8.79. The molecule has 0 amide bonds. The second kappa shape index (κ2) is 4.61. The lowest BCUT2D eigenvalue weighted by Crippen LogP contribution is -2.42. The van der Waals surface area contributed by atoms with Crippen molar-refractivity contribution < 1.29 is 0 Å². The summed E-state index contributed by atoms with van der Waals surface area (Å²) >= 11 is 0. The van der Waals surface area contributed by atoms with Crippen LogP contribution in [0.15, 0.2) is 36.7 Å². The van der Waals surface area contributed by atoms with Crippen LogP contribution in [-0.2, 0) is 12.0 Å². The van der Waals surface area contributed by atoms with E-state index in [4.69, 9.17) is 5.26 Å². The van der Waals surface area contributed by atoms with Gasteiger partial charge in [-0.2, -0.15) is 5.26 Å². The maximum Gasteiger partial charge on any atom is 0.158 e. The van der Waals surface area contributed by atoms with Gasteiger partial charge in [-0.25, -0.2) is 9.97 Å². The molecule has 3 rings (SSSR count). The summed E-state index contributed by atoms with van der Waals surface area (Å²) in [6.07, 6.45) is 3.21. The number of rotatable bonds is 1. The van der Waals surface area contributed by atoms with E-state index in [0.717, 1.165) is 18.9 Å². The summed E-state index contributed by atoms with van der Waals surface area (Å²) in [5.74, 6) is 0.826. The third kappa shape index (κ3) is 2.12. The Balaban J connectivity index is 1.96. The molecule has 20 heavy (non-hydrogen) atoms. The highest BCUT2D eigenvalue weighted by molar-refractivity contribution is 5.47. The maximum absolute atomic E-state index is 8.79. The topological polar surface area (TPSA) is 52.8 Å². The van der Waals surface area contributed by atoms with Crippen molar-refractivity contribution in [3.05, 3.63) is 53.5 Å². The van der Waals surface area contributed by atoms with Crippen LogP contribution < -0.4 is 4.90 Å². The first kappa shape index (κ1) is 12.6. The molecule has 0 spiro atoms. The molecule has 1 aliphatic heterocycles. The van der Waals surface area contributed by atoms with Crippen LogP contribution >= 0.6 is 0 Å². The highest BCUT2D eigenvalue weighted by atomic mass is 15.2. The maximum atomic E-state index is 8.79. The summed E-state index contributed by atoms with van der Waals surface area (Å²) in [7, 11) is 0. The van der Waals surface area contributed by atoms with E-state index in [1.807, 2.05) is 6.07 Å². The van der Waals surface area contributed by atoms with Crippen molar-refractivity contribution in [2.75, 3.05) is 11.4 Å². The standard InChI is InChI=1S/C16H16N4/c1-16(2)11-20(10-12-5-3-4-6-14(12)16)15-9-18-13(7-17)8-19-15/h3-6,8-9H,10-11H2,1-2H3. The molecule has 0 unspecified atom stereocenters. The SMILES string of the molecule is CC1(C)CN(c2cnc(C#N)cn2)Cc2ccccc21. The van der Waals surface area contributed by atoms with Crippen molar-refractivity contribution >= 4 is 5.82 Å². The van der Waals surface area contributed by atoms with Gasteiger partial charge in [0, 0.05) is 18.5 Å². The van der Waals surface area contributed by atoms with Crippen LogP contribution in [0, 0.1) is 11.3 Å². The highest BCUT2D eigenvalue weighted by Gasteiger charge is 2.31. The molecule has 0 radical (unpaired) electrons. The number of hydrogen-bond donors (Lipinski definition) is 0. The van der Waals surface area contributed by atoms with Crippen LogP contribution in [-0.4, -0.2) is 16.5 Å². The van der Waals surface area contributed by atoms with Crippen molar-refractivity contribution in [1.82, 2.24) is 9.97 Å². The lowest BCUT2D eigenvalue weighted by molar-refractivity contribution is 0.474. The molecule has 4 heteroatoms. The van der Waals surface area contributed by atoms with Crippen LogP contribution in [0.3, 0.4) is 0 Å². The van der Waals surface area contributed by atoms with Gasteiger partial charge in [0.15, 0.2) is 5.69 Å². The predicted octanol–water partition coefficient (Wildman–Crippen LogP) is 2.65. The Bertz CT molecular complexity index is 668. The van der Waals surface area contributed by atoms with E-state index in [2.05, 4.69) is 53.0 Å². The zero-order valence-electron chi connectivity index (χ0n) is 11.7. The normalized spacial score (nSPS) is 16.4. The molecule has 0 saturated heterocycles. The Morgan fingerprint density at radius 2 is 2.00 bits per heavy atom. The van der Waals surface area contributed by atoms with Gasteiger partial charge < -0.3 is 4.90 Å². The molecular formula is C16H16N4. The molecule has 0 bridgehead atoms. The average Bonchev–Trinajstić information content (AvgIpc) is 2.47. The van der Waals surface area contributed by atoms with Crippen LogP contribution in [0.4, 0.5) is 5.82 Å². The minimum atomic E-state index is 0.0738. The number of anilines is 1. The number of nitrogens with zero attached hydrogens (tertiary/aromatic N) is 4. The summed E-state index contributed by atoms with van der Waals surface area (Å²) in [6.45, 7) is 6.22. The van der Waals surface area contributed by atoms with Gasteiger partial charge in [-0.15, -0.1) is 0 Å². The van der Waals surface area contributed by atoms with Crippen LogP contribution in [0.1, 0.15) is 30.7 Å². The molecule has 0 N–H and O–H groups in total. The molecule has 100 valence electrons. The lowest BCUT2D eigenvalue weighted by atomic mass is 9.78. The lowest BCUT2D eigenvalue weighted by Gasteiger charge is -2.40. The number of benzene rings is 1. The van der Waals surface area contributed by atoms with E-state index in [1.165, 1.54) is 17.3 Å². The fraction of sp³-hybridized carbons (Fsp3) is 0.312. The fourth-order valence-corrected chi connectivity index (χ4v) is 2.85. The van der Waals surface area contributed by atoms with Gasteiger partial charge in [-0.3, -0.25) is 0 Å². The van der Waals surface area contributed by atoms with Crippen molar-refractivity contribution in [1.29, 1.82) is 5.26 Å². The third-order valence-electron chi connectivity index (χ3n) is 3.77. The van der Waals surface area contributed by atoms with Crippen molar-refractivity contribution in [2.45, 2.75) is 25.8 Å². The van der Waals surface area contributed by atoms with Gasteiger partial charge in [-0.1, -0.05) is 38.1 Å². The zero-order valence-corrected chi connectivity index (χ0v) is 11.7. The first-order valence-corrected chi connectivity index (χ1v) is 6.66.